The van der Waals surface area contributed by atoms with Crippen LogP contribution in [0.2, 0.25) is 0 Å². The van der Waals surface area contributed by atoms with Crippen LogP contribution in [-0.4, -0.2) is 49.2 Å². The number of nitrogens with one attached hydrogen (secondary N) is 1. The number of piperidine rings is 2. The molecule has 134 valence electrons. The van der Waals surface area contributed by atoms with Gasteiger partial charge in [0.2, 0.25) is 0 Å². The quantitative estimate of drug-likeness (QED) is 0.672. The van der Waals surface area contributed by atoms with Gasteiger partial charge >= 0.3 is 5.97 Å². The Bertz CT molecular complexity index is 665. The molecule has 6 heteroatoms. The fraction of sp³-hybridized carbons (Fsp3) is 0.632. The number of carbonyl (C=O) groups is 1. The van der Waals surface area contributed by atoms with Gasteiger partial charge in [0.25, 0.3) is 0 Å². The summed E-state index contributed by atoms with van der Waals surface area (Å²) in [6.45, 7) is 2.02. The standard InChI is InChI=1S/C19H25N3O3/c1-25-19(23)15(21-24)10-12-11-22-9-5-4-8-16(22)18-17(12)13-6-2-3-7-14(13)20-18/h2-3,6-7,12,15-18,20H,4-5,8-11H2,1H3. The summed E-state index contributed by atoms with van der Waals surface area (Å²) in [6, 6.07) is 8.41. The number of hydrogen-bond donors (Lipinski definition) is 1. The Morgan fingerprint density at radius 2 is 2.24 bits per heavy atom. The summed E-state index contributed by atoms with van der Waals surface area (Å²) in [4.78, 5) is 25.7. The molecule has 0 bridgehead atoms. The molecule has 2 saturated heterocycles. The highest BCUT2D eigenvalue weighted by Crippen LogP contribution is 2.48. The lowest BCUT2D eigenvalue weighted by Crippen LogP contribution is -2.58. The van der Waals surface area contributed by atoms with Crippen LogP contribution in [0.5, 0.6) is 0 Å². The predicted molar refractivity (Wildman–Crippen MR) is 95.5 cm³/mol. The number of fused-ring (bicyclic) bond motifs is 5. The van der Waals surface area contributed by atoms with Crippen molar-refractivity contribution < 1.29 is 9.53 Å². The minimum absolute atomic E-state index is 0.220. The largest absolute Gasteiger partial charge is 0.467 e. The third kappa shape index (κ3) is 2.82. The van der Waals surface area contributed by atoms with E-state index in [0.717, 1.165) is 13.1 Å². The number of esters is 1. The zero-order valence-corrected chi connectivity index (χ0v) is 14.6. The highest BCUT2D eigenvalue weighted by Gasteiger charge is 2.49. The van der Waals surface area contributed by atoms with Crippen LogP contribution < -0.4 is 5.32 Å². The number of ether oxygens (including phenoxy) is 1. The average Bonchev–Trinajstić information content (AvgIpc) is 3.05. The first-order valence-electron chi connectivity index (χ1n) is 9.22. The van der Waals surface area contributed by atoms with Gasteiger partial charge < -0.3 is 10.1 Å². The molecule has 1 aromatic rings. The van der Waals surface area contributed by atoms with Crippen molar-refractivity contribution in [1.82, 2.24) is 4.90 Å². The van der Waals surface area contributed by atoms with Crippen molar-refractivity contribution in [1.29, 1.82) is 0 Å². The molecule has 0 spiro atoms. The minimum Gasteiger partial charge on any atom is -0.467 e. The number of methoxy groups -OCH3 is 1. The Labute approximate surface area is 147 Å². The lowest BCUT2D eigenvalue weighted by Gasteiger charge is -2.49. The molecule has 3 aliphatic heterocycles. The van der Waals surface area contributed by atoms with E-state index in [4.69, 9.17) is 4.74 Å². The second-order valence-corrected chi connectivity index (χ2v) is 7.48. The number of benzene rings is 1. The van der Waals surface area contributed by atoms with Gasteiger partial charge in [-0.25, -0.2) is 4.79 Å². The Kier molecular flexibility index (Phi) is 4.46. The van der Waals surface area contributed by atoms with Gasteiger partial charge in [-0.2, -0.15) is 0 Å². The van der Waals surface area contributed by atoms with Crippen LogP contribution in [0.25, 0.3) is 0 Å². The summed E-state index contributed by atoms with van der Waals surface area (Å²) < 4.78 is 4.77. The van der Waals surface area contributed by atoms with Gasteiger partial charge in [-0.05, 0) is 43.4 Å². The first-order valence-corrected chi connectivity index (χ1v) is 9.22. The predicted octanol–water partition coefficient (Wildman–Crippen LogP) is 2.75. The van der Waals surface area contributed by atoms with Crippen LogP contribution in [0.1, 0.15) is 37.2 Å². The third-order valence-corrected chi connectivity index (χ3v) is 6.21. The van der Waals surface area contributed by atoms with Crippen LogP contribution in [0, 0.1) is 10.8 Å². The monoisotopic (exact) mass is 343 g/mol. The van der Waals surface area contributed by atoms with Crippen molar-refractivity contribution >= 4 is 11.7 Å². The van der Waals surface area contributed by atoms with E-state index in [2.05, 4.69) is 39.7 Å². The molecular formula is C19H25N3O3. The maximum absolute atomic E-state index is 11.9. The summed E-state index contributed by atoms with van der Waals surface area (Å²) in [5.74, 6) is 0.0216. The van der Waals surface area contributed by atoms with Gasteiger partial charge in [0.05, 0.1) is 7.11 Å². The summed E-state index contributed by atoms with van der Waals surface area (Å²) in [5, 5.41) is 6.80. The molecule has 5 unspecified atom stereocenters. The van der Waals surface area contributed by atoms with E-state index in [0.29, 0.717) is 24.4 Å². The molecule has 5 atom stereocenters. The highest BCUT2D eigenvalue weighted by molar-refractivity contribution is 5.75. The number of anilines is 1. The SMILES string of the molecule is COC(=O)C(CC1CN2CCCCC2C2Nc3ccccc3C12)N=O. The van der Waals surface area contributed by atoms with E-state index in [1.54, 1.807) is 0 Å². The van der Waals surface area contributed by atoms with Crippen LogP contribution in [0.4, 0.5) is 5.69 Å². The van der Waals surface area contributed by atoms with Crippen LogP contribution in [0.15, 0.2) is 29.4 Å². The Balaban J connectivity index is 1.65. The molecule has 1 N–H and O–H groups in total. The fourth-order valence-electron chi connectivity index (χ4n) is 5.16. The molecule has 1 aromatic carbocycles. The normalized spacial score (nSPS) is 31.9. The molecule has 2 fully saturated rings. The topological polar surface area (TPSA) is 71.0 Å². The second kappa shape index (κ2) is 6.75. The van der Waals surface area contributed by atoms with E-state index in [1.807, 2.05) is 0 Å². The first kappa shape index (κ1) is 16.5. The lowest BCUT2D eigenvalue weighted by molar-refractivity contribution is -0.142. The minimum atomic E-state index is -0.912. The molecule has 4 rings (SSSR count). The first-order chi connectivity index (χ1) is 12.2. The third-order valence-electron chi connectivity index (χ3n) is 6.21. The highest BCUT2D eigenvalue weighted by atomic mass is 16.5. The zero-order chi connectivity index (χ0) is 17.4. The van der Waals surface area contributed by atoms with Crippen molar-refractivity contribution in [3.8, 4) is 0 Å². The van der Waals surface area contributed by atoms with Crippen molar-refractivity contribution in [2.75, 3.05) is 25.5 Å². The maximum Gasteiger partial charge on any atom is 0.334 e. The molecule has 0 amide bonds. The van der Waals surface area contributed by atoms with E-state index < -0.39 is 12.0 Å². The van der Waals surface area contributed by atoms with Gasteiger partial charge in [0.15, 0.2) is 6.04 Å². The van der Waals surface area contributed by atoms with Crippen molar-refractivity contribution in [3.05, 3.63) is 34.7 Å². The van der Waals surface area contributed by atoms with Crippen LogP contribution in [0.3, 0.4) is 0 Å². The van der Waals surface area contributed by atoms with Gasteiger partial charge in [-0.15, -0.1) is 4.91 Å². The molecule has 0 radical (unpaired) electrons. The summed E-state index contributed by atoms with van der Waals surface area (Å²) in [6.07, 6.45) is 4.16. The van der Waals surface area contributed by atoms with Gasteiger partial charge in [0.1, 0.15) is 0 Å². The van der Waals surface area contributed by atoms with Crippen molar-refractivity contribution in [2.45, 2.75) is 49.7 Å². The fourth-order valence-corrected chi connectivity index (χ4v) is 5.16. The Morgan fingerprint density at radius 3 is 3.04 bits per heavy atom. The Hall–Kier alpha value is -1.95. The molecule has 0 aromatic heterocycles. The number of para-hydroxylation sites is 1. The summed E-state index contributed by atoms with van der Waals surface area (Å²) >= 11 is 0. The van der Waals surface area contributed by atoms with Crippen LogP contribution in [-0.2, 0) is 9.53 Å². The van der Waals surface area contributed by atoms with Gasteiger partial charge in [0, 0.05) is 30.2 Å². The molecule has 6 nitrogen and oxygen atoms in total. The van der Waals surface area contributed by atoms with E-state index >= 15 is 0 Å². The molecule has 25 heavy (non-hydrogen) atoms. The van der Waals surface area contributed by atoms with Crippen molar-refractivity contribution in [3.63, 3.8) is 0 Å². The molecule has 0 aliphatic carbocycles. The van der Waals surface area contributed by atoms with E-state index in [1.165, 1.54) is 37.6 Å². The Morgan fingerprint density at radius 1 is 1.40 bits per heavy atom. The van der Waals surface area contributed by atoms with Crippen LogP contribution >= 0.6 is 0 Å². The molecular weight excluding hydrogens is 318 g/mol. The van der Waals surface area contributed by atoms with Gasteiger partial charge in [-0.1, -0.05) is 29.8 Å². The lowest BCUT2D eigenvalue weighted by atomic mass is 9.72. The smallest absolute Gasteiger partial charge is 0.334 e. The van der Waals surface area contributed by atoms with E-state index in [9.17, 15) is 9.70 Å². The average molecular weight is 343 g/mol. The van der Waals surface area contributed by atoms with E-state index in [-0.39, 0.29) is 5.92 Å². The summed E-state index contributed by atoms with van der Waals surface area (Å²) in [7, 11) is 1.32. The molecule has 0 saturated carbocycles. The number of rotatable bonds is 4. The van der Waals surface area contributed by atoms with Gasteiger partial charge in [-0.3, -0.25) is 4.90 Å². The maximum atomic E-state index is 11.9. The number of carbonyl (C=O) groups excluding carboxylic acids is 1. The number of nitroso groups, excluding NO2 is 1. The van der Waals surface area contributed by atoms with Crippen molar-refractivity contribution in [2.24, 2.45) is 11.1 Å². The molecule has 3 aliphatic rings. The molecule has 3 heterocycles. The zero-order valence-electron chi connectivity index (χ0n) is 14.6. The number of nitrogens with zero attached hydrogens (tertiary/aromatic N) is 2. The number of hydrogen-bond acceptors (Lipinski definition) is 6. The summed E-state index contributed by atoms with van der Waals surface area (Å²) in [5.41, 5.74) is 2.51. The second-order valence-electron chi connectivity index (χ2n) is 7.48.